The molecule has 1 aliphatic rings. The van der Waals surface area contributed by atoms with Crippen molar-refractivity contribution in [2.75, 3.05) is 13.7 Å². The van der Waals surface area contributed by atoms with E-state index >= 15 is 0 Å². The van der Waals surface area contributed by atoms with Crippen molar-refractivity contribution in [2.45, 2.75) is 52.4 Å². The van der Waals surface area contributed by atoms with Crippen LogP contribution >= 0.6 is 0 Å². The van der Waals surface area contributed by atoms with E-state index in [9.17, 15) is 24.0 Å². The fourth-order valence-electron chi connectivity index (χ4n) is 4.10. The van der Waals surface area contributed by atoms with E-state index in [0.717, 1.165) is 11.6 Å². The molecule has 4 atom stereocenters. The van der Waals surface area contributed by atoms with Crippen molar-refractivity contribution in [2.24, 2.45) is 11.8 Å². The number of rotatable bonds is 9. The van der Waals surface area contributed by atoms with Crippen molar-refractivity contribution < 1.29 is 47.7 Å². The molecule has 224 valence electrons. The largest absolute Gasteiger partial charge is 0.493 e. The molecule has 0 aliphatic carbocycles. The molecule has 0 spiro atoms. The van der Waals surface area contributed by atoms with Gasteiger partial charge in [-0.15, -0.1) is 0 Å². The first-order valence-corrected chi connectivity index (χ1v) is 13.4. The molecule has 1 aromatic carbocycles. The van der Waals surface area contributed by atoms with E-state index in [1.165, 1.54) is 32.4 Å². The highest BCUT2D eigenvalue weighted by Gasteiger charge is 2.42. The van der Waals surface area contributed by atoms with Gasteiger partial charge in [-0.2, -0.15) is 0 Å². The molecule has 0 bridgehead atoms. The van der Waals surface area contributed by atoms with Crippen LogP contribution in [0.15, 0.2) is 54.7 Å². The number of nitrogens with zero attached hydrogens (tertiary/aromatic N) is 1. The van der Waals surface area contributed by atoms with Crippen LogP contribution in [0.25, 0.3) is 0 Å². The van der Waals surface area contributed by atoms with Crippen LogP contribution in [0.1, 0.15) is 43.7 Å². The molecule has 0 radical (unpaired) electrons. The van der Waals surface area contributed by atoms with Crippen molar-refractivity contribution in [3.8, 4) is 11.5 Å². The summed E-state index contributed by atoms with van der Waals surface area (Å²) < 4.78 is 27.2. The molecule has 42 heavy (non-hydrogen) atoms. The fraction of sp³-hybridized carbons (Fsp3) is 0.400. The van der Waals surface area contributed by atoms with Gasteiger partial charge in [-0.3, -0.25) is 14.4 Å². The van der Waals surface area contributed by atoms with Crippen molar-refractivity contribution >= 4 is 29.8 Å². The van der Waals surface area contributed by atoms with E-state index in [2.05, 4.69) is 10.3 Å². The zero-order valence-electron chi connectivity index (χ0n) is 24.0. The standard InChI is InChI=1S/C30H34N2O10/c1-6-10-23(33)41-26-22(38-5)13-14-31-24(26)27(34)32-21-16-39-29(36)20(15-19-11-8-7-9-12-19)25(18(4)40-30(21)37)42-28(35)17(2)3/h6-14,17-18,20-21,25H,15-16H2,1-5H3,(H,32,34)/t18-,20+,21?,25?/m0/s1. The van der Waals surface area contributed by atoms with Crippen LogP contribution in [0.4, 0.5) is 0 Å². The van der Waals surface area contributed by atoms with E-state index in [1.54, 1.807) is 32.9 Å². The smallest absolute Gasteiger partial charge is 0.336 e. The summed E-state index contributed by atoms with van der Waals surface area (Å²) in [5.74, 6) is -5.72. The van der Waals surface area contributed by atoms with Gasteiger partial charge in [0.05, 0.1) is 13.0 Å². The van der Waals surface area contributed by atoms with Crippen molar-refractivity contribution in [1.29, 1.82) is 0 Å². The Hall–Kier alpha value is -4.74. The van der Waals surface area contributed by atoms with Crippen molar-refractivity contribution in [3.63, 3.8) is 0 Å². The number of cyclic esters (lactones) is 2. The van der Waals surface area contributed by atoms with E-state index in [-0.39, 0.29) is 23.6 Å². The second-order valence-corrected chi connectivity index (χ2v) is 9.76. The zero-order chi connectivity index (χ0) is 30.8. The van der Waals surface area contributed by atoms with Gasteiger partial charge in [0, 0.05) is 18.3 Å². The molecule has 1 fully saturated rings. The highest BCUT2D eigenvalue weighted by molar-refractivity contribution is 5.99. The Kier molecular flexibility index (Phi) is 11.2. The molecular weight excluding hydrogens is 548 g/mol. The summed E-state index contributed by atoms with van der Waals surface area (Å²) in [5.41, 5.74) is 0.418. The molecule has 12 heteroatoms. The molecule has 1 saturated heterocycles. The first-order chi connectivity index (χ1) is 20.0. The fourth-order valence-corrected chi connectivity index (χ4v) is 4.10. The lowest BCUT2D eigenvalue weighted by molar-refractivity contribution is -0.176. The van der Waals surface area contributed by atoms with Crippen LogP contribution in [0.2, 0.25) is 0 Å². The van der Waals surface area contributed by atoms with E-state index in [0.29, 0.717) is 0 Å². The minimum atomic E-state index is -1.46. The predicted octanol–water partition coefficient (Wildman–Crippen LogP) is 2.59. The molecule has 2 unspecified atom stereocenters. The number of benzene rings is 1. The van der Waals surface area contributed by atoms with E-state index in [1.807, 2.05) is 18.2 Å². The number of hydrogen-bond donors (Lipinski definition) is 1. The SMILES string of the molecule is CC=CC(=O)Oc1c(OC)ccnc1C(=O)NC1COC(=O)[C@H](Cc2ccccc2)C(OC(=O)C(C)C)[C@H](C)OC1=O. The van der Waals surface area contributed by atoms with Crippen LogP contribution in [-0.4, -0.2) is 66.7 Å². The van der Waals surface area contributed by atoms with Gasteiger partial charge in [-0.25, -0.2) is 14.6 Å². The lowest BCUT2D eigenvalue weighted by Gasteiger charge is -2.29. The average molecular weight is 583 g/mol. The summed E-state index contributed by atoms with van der Waals surface area (Å²) >= 11 is 0. The summed E-state index contributed by atoms with van der Waals surface area (Å²) in [5, 5.41) is 2.43. The number of nitrogens with one attached hydrogen (secondary N) is 1. The van der Waals surface area contributed by atoms with Gasteiger partial charge in [0.25, 0.3) is 5.91 Å². The number of carbonyl (C=O) groups excluding carboxylic acids is 5. The number of hydrogen-bond acceptors (Lipinski definition) is 11. The van der Waals surface area contributed by atoms with Crippen LogP contribution in [-0.2, 0) is 39.8 Å². The van der Waals surface area contributed by atoms with Gasteiger partial charge in [0.15, 0.2) is 23.6 Å². The minimum absolute atomic E-state index is 0.0451. The molecule has 12 nitrogen and oxygen atoms in total. The highest BCUT2D eigenvalue weighted by atomic mass is 16.6. The van der Waals surface area contributed by atoms with E-state index < -0.39 is 66.5 Å². The maximum atomic E-state index is 13.4. The second kappa shape index (κ2) is 14.8. The highest BCUT2D eigenvalue weighted by Crippen LogP contribution is 2.30. The quantitative estimate of drug-likeness (QED) is 0.263. The van der Waals surface area contributed by atoms with Crippen LogP contribution < -0.4 is 14.8 Å². The molecule has 2 heterocycles. The van der Waals surface area contributed by atoms with Crippen molar-refractivity contribution in [3.05, 3.63) is 66.0 Å². The maximum absolute atomic E-state index is 13.4. The molecule has 2 aromatic rings. The summed E-state index contributed by atoms with van der Waals surface area (Å²) in [6.07, 6.45) is 1.74. The molecule has 1 aromatic heterocycles. The Bertz CT molecular complexity index is 1320. The molecule has 0 saturated carbocycles. The molecule has 1 N–H and O–H groups in total. The molecule has 3 rings (SSSR count). The number of carbonyl (C=O) groups is 5. The Morgan fingerprint density at radius 2 is 1.83 bits per heavy atom. The van der Waals surface area contributed by atoms with Crippen LogP contribution in [0.3, 0.4) is 0 Å². The van der Waals surface area contributed by atoms with Gasteiger partial charge < -0.3 is 29.0 Å². The molecule has 1 amide bonds. The summed E-state index contributed by atoms with van der Waals surface area (Å²) in [6.45, 7) is 5.80. The number of allylic oxidation sites excluding steroid dienone is 1. The third-order valence-electron chi connectivity index (χ3n) is 6.28. The Morgan fingerprint density at radius 1 is 1.12 bits per heavy atom. The number of pyridine rings is 1. The van der Waals surface area contributed by atoms with Gasteiger partial charge in [0.2, 0.25) is 5.75 Å². The normalized spacial score (nSPS) is 20.9. The van der Waals surface area contributed by atoms with Gasteiger partial charge in [-0.05, 0) is 25.8 Å². The number of ether oxygens (including phenoxy) is 5. The molecular formula is C30H34N2O10. The second-order valence-electron chi connectivity index (χ2n) is 9.76. The zero-order valence-corrected chi connectivity index (χ0v) is 24.0. The molecule has 1 aliphatic heterocycles. The number of esters is 4. The van der Waals surface area contributed by atoms with Crippen LogP contribution in [0.5, 0.6) is 11.5 Å². The van der Waals surface area contributed by atoms with Gasteiger partial charge in [-0.1, -0.05) is 50.3 Å². The maximum Gasteiger partial charge on any atom is 0.336 e. The number of methoxy groups -OCH3 is 1. The lowest BCUT2D eigenvalue weighted by atomic mass is 9.91. The topological polar surface area (TPSA) is 156 Å². The number of amides is 1. The van der Waals surface area contributed by atoms with Crippen LogP contribution in [0, 0.1) is 11.8 Å². The lowest BCUT2D eigenvalue weighted by Crippen LogP contribution is -2.47. The van der Waals surface area contributed by atoms with Gasteiger partial charge in [0.1, 0.15) is 18.6 Å². The Morgan fingerprint density at radius 3 is 2.48 bits per heavy atom. The third kappa shape index (κ3) is 8.15. The summed E-state index contributed by atoms with van der Waals surface area (Å²) in [6, 6.07) is 8.97. The Balaban J connectivity index is 1.90. The van der Waals surface area contributed by atoms with E-state index in [4.69, 9.17) is 23.7 Å². The summed E-state index contributed by atoms with van der Waals surface area (Å²) in [7, 11) is 1.31. The predicted molar refractivity (Wildman–Crippen MR) is 147 cm³/mol. The number of aromatic nitrogens is 1. The first-order valence-electron chi connectivity index (χ1n) is 13.4. The minimum Gasteiger partial charge on any atom is -0.493 e. The first kappa shape index (κ1) is 31.8. The Labute approximate surface area is 243 Å². The van der Waals surface area contributed by atoms with Gasteiger partial charge >= 0.3 is 23.9 Å². The average Bonchev–Trinajstić information content (AvgIpc) is 2.99. The monoisotopic (exact) mass is 582 g/mol. The third-order valence-corrected chi connectivity index (χ3v) is 6.28. The van der Waals surface area contributed by atoms with Crippen molar-refractivity contribution in [1.82, 2.24) is 10.3 Å². The summed E-state index contributed by atoms with van der Waals surface area (Å²) in [4.78, 5) is 68.5.